The minimum absolute atomic E-state index is 0.0882. The Kier molecular flexibility index (Phi) is 10.3. The number of hydrogen-bond donors (Lipinski definition) is 0. The number of benzene rings is 13. The van der Waals surface area contributed by atoms with Gasteiger partial charge in [-0.25, -0.2) is 0 Å². The van der Waals surface area contributed by atoms with Crippen LogP contribution in [-0.2, 0) is 5.41 Å². The minimum atomic E-state index is -0.0882. The Labute approximate surface area is 449 Å². The summed E-state index contributed by atoms with van der Waals surface area (Å²) in [5.41, 5.74) is 21.7. The fourth-order valence-corrected chi connectivity index (χ4v) is 12.7. The van der Waals surface area contributed by atoms with Crippen LogP contribution in [0, 0.1) is 0 Å². The van der Waals surface area contributed by atoms with Crippen LogP contribution in [0.1, 0.15) is 25.0 Å². The summed E-state index contributed by atoms with van der Waals surface area (Å²) in [7, 11) is 0. The quantitative estimate of drug-likeness (QED) is 0.138. The summed E-state index contributed by atoms with van der Waals surface area (Å²) >= 11 is 0. The maximum Gasteiger partial charge on any atom is 0.0541 e. The summed E-state index contributed by atoms with van der Waals surface area (Å²) < 4.78 is 2.48. The van der Waals surface area contributed by atoms with Gasteiger partial charge in [-0.15, -0.1) is 0 Å². The molecule has 15 rings (SSSR count). The lowest BCUT2D eigenvalue weighted by Gasteiger charge is -2.26. The third kappa shape index (κ3) is 7.32. The van der Waals surface area contributed by atoms with E-state index in [0.29, 0.717) is 0 Å². The standard InChI is InChI=1S/C75H52N2/c1-75(2)71-24-14-13-23-66(71)67-41-31-56(47-72(67)75)55-33-44-74-70(46-55)69-45-54(32-43-73(69)77(74)60-40-42-65-63-21-10-9-19-61(63)62-20-11-12-22-64(62)68(65)48-60)53-29-38-59(39-30-53)76(57-34-25-51(26-35-57)49-15-5-3-6-16-49)58-36-27-52(28-37-58)50-17-7-4-8-18-50/h3-48H,1-2H3. The van der Waals surface area contributed by atoms with E-state index in [1.807, 2.05) is 0 Å². The van der Waals surface area contributed by atoms with Crippen LogP contribution in [0.3, 0.4) is 0 Å². The maximum atomic E-state index is 2.48. The Morgan fingerprint density at radius 2 is 0.636 bits per heavy atom. The van der Waals surface area contributed by atoms with E-state index in [2.05, 4.69) is 302 Å². The summed E-state index contributed by atoms with van der Waals surface area (Å²) in [5, 5.41) is 10.1. The molecule has 1 aromatic heterocycles. The van der Waals surface area contributed by atoms with Crippen molar-refractivity contribution in [3.05, 3.63) is 290 Å². The van der Waals surface area contributed by atoms with E-state index in [9.17, 15) is 0 Å². The van der Waals surface area contributed by atoms with Crippen molar-refractivity contribution < 1.29 is 0 Å². The average Bonchev–Trinajstić information content (AvgIpc) is 4.01. The third-order valence-corrected chi connectivity index (χ3v) is 16.6. The highest BCUT2D eigenvalue weighted by atomic mass is 15.1. The highest BCUT2D eigenvalue weighted by Crippen LogP contribution is 2.50. The van der Waals surface area contributed by atoms with Gasteiger partial charge in [-0.1, -0.05) is 214 Å². The van der Waals surface area contributed by atoms with Gasteiger partial charge in [0.25, 0.3) is 0 Å². The molecule has 0 bridgehead atoms. The van der Waals surface area contributed by atoms with Gasteiger partial charge in [0.1, 0.15) is 0 Å². The number of anilines is 3. The molecule has 0 amide bonds. The molecule has 1 heterocycles. The highest BCUT2D eigenvalue weighted by Gasteiger charge is 2.35. The van der Waals surface area contributed by atoms with E-state index in [4.69, 9.17) is 0 Å². The summed E-state index contributed by atoms with van der Waals surface area (Å²) in [5.74, 6) is 0. The van der Waals surface area contributed by atoms with Crippen molar-refractivity contribution >= 4 is 71.2 Å². The Hall–Kier alpha value is -9.76. The normalized spacial score (nSPS) is 12.6. The summed E-state index contributed by atoms with van der Waals surface area (Å²) in [4.78, 5) is 2.36. The van der Waals surface area contributed by atoms with Crippen LogP contribution in [0.5, 0.6) is 0 Å². The summed E-state index contributed by atoms with van der Waals surface area (Å²) in [6.45, 7) is 4.73. The lowest BCUT2D eigenvalue weighted by molar-refractivity contribution is 0.660. The van der Waals surface area contributed by atoms with Gasteiger partial charge in [-0.2, -0.15) is 0 Å². The molecule has 0 atom stereocenters. The van der Waals surface area contributed by atoms with Crippen LogP contribution < -0.4 is 4.90 Å². The molecule has 0 radical (unpaired) electrons. The van der Waals surface area contributed by atoms with Crippen LogP contribution in [0.25, 0.3) is 115 Å². The topological polar surface area (TPSA) is 8.17 Å². The van der Waals surface area contributed by atoms with Crippen molar-refractivity contribution in [3.63, 3.8) is 0 Å². The fourth-order valence-electron chi connectivity index (χ4n) is 12.7. The maximum absolute atomic E-state index is 2.48. The van der Waals surface area contributed by atoms with Crippen LogP contribution in [-0.4, -0.2) is 4.57 Å². The van der Waals surface area contributed by atoms with E-state index in [-0.39, 0.29) is 5.41 Å². The van der Waals surface area contributed by atoms with Crippen LogP contribution in [0.2, 0.25) is 0 Å². The first-order chi connectivity index (χ1) is 37.9. The second-order valence-corrected chi connectivity index (χ2v) is 21.3. The number of fused-ring (bicyclic) bond motifs is 12. The largest absolute Gasteiger partial charge is 0.311 e. The molecule has 0 saturated carbocycles. The van der Waals surface area contributed by atoms with Gasteiger partial charge in [0, 0.05) is 38.9 Å². The van der Waals surface area contributed by atoms with Gasteiger partial charge < -0.3 is 9.47 Å². The Balaban J connectivity index is 0.868. The molecule has 0 unspecified atom stereocenters. The van der Waals surface area contributed by atoms with Gasteiger partial charge >= 0.3 is 0 Å². The van der Waals surface area contributed by atoms with Gasteiger partial charge in [-0.3, -0.25) is 0 Å². The Bertz CT molecular complexity index is 4490. The molecule has 0 spiro atoms. The Morgan fingerprint density at radius 3 is 1.17 bits per heavy atom. The van der Waals surface area contributed by atoms with E-state index in [1.54, 1.807) is 0 Å². The molecule has 0 aliphatic heterocycles. The van der Waals surface area contributed by atoms with Crippen molar-refractivity contribution in [1.29, 1.82) is 0 Å². The van der Waals surface area contributed by atoms with Crippen LogP contribution >= 0.6 is 0 Å². The zero-order valence-corrected chi connectivity index (χ0v) is 43.0. The highest BCUT2D eigenvalue weighted by molar-refractivity contribution is 6.25. The number of nitrogens with zero attached hydrogens (tertiary/aromatic N) is 2. The molecule has 1 aliphatic carbocycles. The second kappa shape index (κ2) is 17.7. The summed E-state index contributed by atoms with van der Waals surface area (Å²) in [6, 6.07) is 103. The van der Waals surface area contributed by atoms with Crippen molar-refractivity contribution in [2.75, 3.05) is 4.90 Å². The van der Waals surface area contributed by atoms with E-state index in [1.165, 1.54) is 115 Å². The van der Waals surface area contributed by atoms with E-state index < -0.39 is 0 Å². The van der Waals surface area contributed by atoms with Gasteiger partial charge in [0.2, 0.25) is 0 Å². The van der Waals surface area contributed by atoms with Crippen molar-refractivity contribution in [3.8, 4) is 61.3 Å². The predicted molar refractivity (Wildman–Crippen MR) is 327 cm³/mol. The zero-order valence-electron chi connectivity index (χ0n) is 43.0. The van der Waals surface area contributed by atoms with Crippen LogP contribution in [0.15, 0.2) is 279 Å². The molecular formula is C75H52N2. The second-order valence-electron chi connectivity index (χ2n) is 21.3. The minimum Gasteiger partial charge on any atom is -0.311 e. The molecule has 2 heteroatoms. The van der Waals surface area contributed by atoms with Crippen molar-refractivity contribution in [2.45, 2.75) is 19.3 Å². The van der Waals surface area contributed by atoms with Crippen molar-refractivity contribution in [2.24, 2.45) is 0 Å². The molecule has 14 aromatic rings. The molecule has 2 nitrogen and oxygen atoms in total. The molecule has 0 saturated heterocycles. The molecule has 0 N–H and O–H groups in total. The third-order valence-electron chi connectivity index (χ3n) is 16.6. The monoisotopic (exact) mass is 980 g/mol. The number of hydrogen-bond acceptors (Lipinski definition) is 1. The van der Waals surface area contributed by atoms with Crippen LogP contribution in [0.4, 0.5) is 17.1 Å². The summed E-state index contributed by atoms with van der Waals surface area (Å²) in [6.07, 6.45) is 0. The molecule has 1 aliphatic rings. The predicted octanol–water partition coefficient (Wildman–Crippen LogP) is 20.7. The molecule has 362 valence electrons. The molecule has 13 aromatic carbocycles. The fraction of sp³-hybridized carbons (Fsp3) is 0.0400. The molecule has 0 fully saturated rings. The first kappa shape index (κ1) is 44.7. The smallest absolute Gasteiger partial charge is 0.0541 e. The lowest BCUT2D eigenvalue weighted by Crippen LogP contribution is -2.14. The lowest BCUT2D eigenvalue weighted by atomic mass is 9.81. The van der Waals surface area contributed by atoms with E-state index >= 15 is 0 Å². The molecule has 77 heavy (non-hydrogen) atoms. The van der Waals surface area contributed by atoms with E-state index in [0.717, 1.165) is 28.3 Å². The first-order valence-electron chi connectivity index (χ1n) is 26.8. The molecular weight excluding hydrogens is 929 g/mol. The van der Waals surface area contributed by atoms with Gasteiger partial charge in [-0.05, 0) is 178 Å². The average molecular weight is 981 g/mol. The van der Waals surface area contributed by atoms with Crippen molar-refractivity contribution in [1.82, 2.24) is 4.57 Å². The number of rotatable bonds is 8. The SMILES string of the molecule is CC1(C)c2ccccc2-c2ccc(-c3ccc4c(c3)c3cc(-c5ccc(N(c6ccc(-c7ccccc7)cc6)c6ccc(-c7ccccc7)cc6)cc5)ccc3n4-c3ccc4c5ccccc5c5ccccc5c4c3)cc21. The zero-order chi connectivity index (χ0) is 51.2. The van der Waals surface area contributed by atoms with Gasteiger partial charge in [0.15, 0.2) is 0 Å². The first-order valence-corrected chi connectivity index (χ1v) is 26.8. The number of aromatic nitrogens is 1. The Morgan fingerprint density at radius 1 is 0.260 bits per heavy atom. The van der Waals surface area contributed by atoms with Gasteiger partial charge in [0.05, 0.1) is 11.0 Å².